The van der Waals surface area contributed by atoms with Gasteiger partial charge in [-0.2, -0.15) is 0 Å². The van der Waals surface area contributed by atoms with Gasteiger partial charge < -0.3 is 15.1 Å². The third-order valence-corrected chi connectivity index (χ3v) is 4.32. The molecule has 0 fully saturated rings. The Morgan fingerprint density at radius 3 is 2.61 bits per heavy atom. The maximum atomic E-state index is 4.49. The zero-order valence-electron chi connectivity index (χ0n) is 15.0. The van der Waals surface area contributed by atoms with Crippen molar-refractivity contribution in [2.45, 2.75) is 32.7 Å². The summed E-state index contributed by atoms with van der Waals surface area (Å²) >= 11 is 0. The lowest BCUT2D eigenvalue weighted by Crippen LogP contribution is -2.47. The number of rotatable bonds is 5. The molecule has 1 aromatic carbocycles. The molecule has 0 radical (unpaired) electrons. The van der Waals surface area contributed by atoms with Crippen LogP contribution >= 0.6 is 24.0 Å². The lowest BCUT2D eigenvalue weighted by Gasteiger charge is -2.29. The number of fused-ring (bicyclic) bond motifs is 1. The Labute approximate surface area is 158 Å². The summed E-state index contributed by atoms with van der Waals surface area (Å²) in [5, 5.41) is 3.57. The van der Waals surface area contributed by atoms with E-state index in [0.717, 1.165) is 25.5 Å². The molecule has 1 atom stereocenters. The summed E-state index contributed by atoms with van der Waals surface area (Å²) in [6.45, 7) is 6.50. The molecule has 0 aliphatic carbocycles. The normalized spacial score (nSPS) is 15.6. The molecule has 0 saturated heterocycles. The van der Waals surface area contributed by atoms with E-state index in [0.29, 0.717) is 12.0 Å². The van der Waals surface area contributed by atoms with E-state index >= 15 is 0 Å². The number of nitrogens with zero attached hydrogens (tertiary/aromatic N) is 3. The highest BCUT2D eigenvalue weighted by Gasteiger charge is 2.23. The molecule has 1 aromatic rings. The number of guanidine groups is 1. The quantitative estimate of drug-likeness (QED) is 0.442. The molecule has 0 bridgehead atoms. The molecular weight excluding hydrogens is 399 g/mol. The van der Waals surface area contributed by atoms with E-state index < -0.39 is 0 Å². The van der Waals surface area contributed by atoms with Gasteiger partial charge >= 0.3 is 0 Å². The van der Waals surface area contributed by atoms with E-state index in [1.54, 1.807) is 0 Å². The minimum Gasteiger partial charge on any atom is -0.354 e. The molecule has 1 unspecified atom stereocenters. The van der Waals surface area contributed by atoms with Crippen molar-refractivity contribution in [1.29, 1.82) is 0 Å². The van der Waals surface area contributed by atoms with E-state index in [1.165, 1.54) is 17.7 Å². The number of para-hydroxylation sites is 1. The molecule has 0 aromatic heterocycles. The molecule has 0 spiro atoms. The standard InChI is InChI=1S/C18H30N4.HI/c1-14(2)12-16(21(4)5)13-20-18(19-3)22-11-10-15-8-6-7-9-17(15)22;/h6-9,14,16H,10-13H2,1-5H3,(H,19,20);1H. The fourth-order valence-electron chi connectivity index (χ4n) is 3.08. The molecule has 1 N–H and O–H groups in total. The van der Waals surface area contributed by atoms with Crippen LogP contribution in [0.2, 0.25) is 0 Å². The van der Waals surface area contributed by atoms with Crippen molar-refractivity contribution in [1.82, 2.24) is 10.2 Å². The summed E-state index contributed by atoms with van der Waals surface area (Å²) in [6.07, 6.45) is 2.29. The van der Waals surface area contributed by atoms with Gasteiger partial charge in [0.2, 0.25) is 0 Å². The van der Waals surface area contributed by atoms with Crippen LogP contribution in [0.25, 0.3) is 0 Å². The van der Waals surface area contributed by atoms with E-state index in [-0.39, 0.29) is 24.0 Å². The van der Waals surface area contributed by atoms with Crippen LogP contribution in [0.5, 0.6) is 0 Å². The molecule has 1 heterocycles. The summed E-state index contributed by atoms with van der Waals surface area (Å²) in [5.74, 6) is 1.68. The first-order chi connectivity index (χ1) is 10.5. The largest absolute Gasteiger partial charge is 0.354 e. The smallest absolute Gasteiger partial charge is 0.198 e. The van der Waals surface area contributed by atoms with Crippen molar-refractivity contribution in [2.24, 2.45) is 10.9 Å². The van der Waals surface area contributed by atoms with Gasteiger partial charge in [0.05, 0.1) is 0 Å². The fourth-order valence-corrected chi connectivity index (χ4v) is 3.08. The third kappa shape index (κ3) is 5.35. The highest BCUT2D eigenvalue weighted by atomic mass is 127. The van der Waals surface area contributed by atoms with E-state index in [4.69, 9.17) is 0 Å². The zero-order chi connectivity index (χ0) is 16.1. The van der Waals surface area contributed by atoms with Gasteiger partial charge in [-0.15, -0.1) is 24.0 Å². The molecule has 1 aliphatic rings. The number of halogens is 1. The second-order valence-corrected chi connectivity index (χ2v) is 6.71. The molecule has 0 saturated carbocycles. The number of aliphatic imine (C=N–C) groups is 1. The Morgan fingerprint density at radius 1 is 1.30 bits per heavy atom. The van der Waals surface area contributed by atoms with Gasteiger partial charge in [-0.1, -0.05) is 32.0 Å². The SMILES string of the molecule is CN=C(NCC(CC(C)C)N(C)C)N1CCc2ccccc21.I. The Hall–Kier alpha value is -0.820. The minimum atomic E-state index is 0. The van der Waals surface area contributed by atoms with E-state index in [2.05, 4.69) is 72.3 Å². The van der Waals surface area contributed by atoms with Gasteiger partial charge in [0.25, 0.3) is 0 Å². The first-order valence-electron chi connectivity index (χ1n) is 8.25. The lowest BCUT2D eigenvalue weighted by atomic mass is 10.0. The Balaban J connectivity index is 0.00000264. The van der Waals surface area contributed by atoms with Crippen molar-refractivity contribution in [3.8, 4) is 0 Å². The van der Waals surface area contributed by atoms with Gasteiger partial charge in [0.1, 0.15) is 0 Å². The van der Waals surface area contributed by atoms with Crippen molar-refractivity contribution in [3.05, 3.63) is 29.8 Å². The molecule has 1 aliphatic heterocycles. The second kappa shape index (κ2) is 9.47. The lowest BCUT2D eigenvalue weighted by molar-refractivity contribution is 0.254. The van der Waals surface area contributed by atoms with Crippen molar-refractivity contribution >= 4 is 35.6 Å². The molecular formula is C18H31IN4. The molecule has 2 rings (SSSR count). The van der Waals surface area contributed by atoms with Crippen molar-refractivity contribution < 1.29 is 0 Å². The Bertz CT molecular complexity index is 513. The molecule has 0 amide bonds. The van der Waals surface area contributed by atoms with Crippen LogP contribution in [0.1, 0.15) is 25.8 Å². The van der Waals surface area contributed by atoms with Crippen molar-refractivity contribution in [2.75, 3.05) is 39.1 Å². The predicted molar refractivity (Wildman–Crippen MR) is 111 cm³/mol. The highest BCUT2D eigenvalue weighted by molar-refractivity contribution is 14.0. The summed E-state index contributed by atoms with van der Waals surface area (Å²) in [7, 11) is 6.18. The summed E-state index contributed by atoms with van der Waals surface area (Å²) < 4.78 is 0. The first kappa shape index (κ1) is 20.2. The van der Waals surface area contributed by atoms with Crippen LogP contribution in [0, 0.1) is 5.92 Å². The average molecular weight is 430 g/mol. The van der Waals surface area contributed by atoms with Crippen molar-refractivity contribution in [3.63, 3.8) is 0 Å². The predicted octanol–water partition coefficient (Wildman–Crippen LogP) is 3.22. The number of hydrogen-bond acceptors (Lipinski definition) is 2. The number of hydrogen-bond donors (Lipinski definition) is 1. The van der Waals surface area contributed by atoms with Crippen LogP contribution in [-0.2, 0) is 6.42 Å². The van der Waals surface area contributed by atoms with Gasteiger partial charge in [0, 0.05) is 31.9 Å². The highest BCUT2D eigenvalue weighted by Crippen LogP contribution is 2.27. The van der Waals surface area contributed by atoms with E-state index in [9.17, 15) is 0 Å². The van der Waals surface area contributed by atoms with Gasteiger partial charge in [-0.05, 0) is 44.5 Å². The molecule has 130 valence electrons. The molecule has 5 heteroatoms. The summed E-state index contributed by atoms with van der Waals surface area (Å²) in [6, 6.07) is 9.14. The topological polar surface area (TPSA) is 30.9 Å². The van der Waals surface area contributed by atoms with Crippen LogP contribution in [0.4, 0.5) is 5.69 Å². The number of nitrogens with one attached hydrogen (secondary N) is 1. The average Bonchev–Trinajstić information content (AvgIpc) is 2.90. The summed E-state index contributed by atoms with van der Waals surface area (Å²) in [4.78, 5) is 9.10. The zero-order valence-corrected chi connectivity index (χ0v) is 17.4. The number of benzene rings is 1. The molecule has 23 heavy (non-hydrogen) atoms. The van der Waals surface area contributed by atoms with Crippen LogP contribution < -0.4 is 10.2 Å². The van der Waals surface area contributed by atoms with Gasteiger partial charge in [-0.25, -0.2) is 0 Å². The maximum Gasteiger partial charge on any atom is 0.198 e. The first-order valence-corrected chi connectivity index (χ1v) is 8.25. The monoisotopic (exact) mass is 430 g/mol. The third-order valence-electron chi connectivity index (χ3n) is 4.32. The van der Waals surface area contributed by atoms with Gasteiger partial charge in [0.15, 0.2) is 5.96 Å². The fraction of sp³-hybridized carbons (Fsp3) is 0.611. The second-order valence-electron chi connectivity index (χ2n) is 6.71. The van der Waals surface area contributed by atoms with E-state index in [1.807, 2.05) is 7.05 Å². The van der Waals surface area contributed by atoms with Crippen LogP contribution in [0.15, 0.2) is 29.3 Å². The van der Waals surface area contributed by atoms with Gasteiger partial charge in [-0.3, -0.25) is 4.99 Å². The Kier molecular flexibility index (Phi) is 8.33. The molecule has 4 nitrogen and oxygen atoms in total. The van der Waals surface area contributed by atoms with Crippen LogP contribution in [-0.4, -0.2) is 51.1 Å². The summed E-state index contributed by atoms with van der Waals surface area (Å²) in [5.41, 5.74) is 2.71. The minimum absolute atomic E-state index is 0. The number of anilines is 1. The number of likely N-dealkylation sites (N-methyl/N-ethyl adjacent to an activating group) is 1. The maximum absolute atomic E-state index is 4.49. The van der Waals surface area contributed by atoms with Crippen LogP contribution in [0.3, 0.4) is 0 Å². The Morgan fingerprint density at radius 2 is 2.00 bits per heavy atom.